The van der Waals surface area contributed by atoms with E-state index in [0.717, 1.165) is 0 Å². The molecule has 6 nitrogen and oxygen atoms in total. The van der Waals surface area contributed by atoms with Crippen LogP contribution in [0.3, 0.4) is 0 Å². The van der Waals surface area contributed by atoms with E-state index >= 15 is 0 Å². The Morgan fingerprint density at radius 3 is 2.12 bits per heavy atom. The molecular formula is C17H21F3N2O4. The highest BCUT2D eigenvalue weighted by Crippen LogP contribution is 2.25. The molecule has 0 unspecified atom stereocenters. The van der Waals surface area contributed by atoms with Gasteiger partial charge in [-0.05, 0) is 30.9 Å². The van der Waals surface area contributed by atoms with E-state index in [2.05, 4.69) is 0 Å². The van der Waals surface area contributed by atoms with Crippen LogP contribution in [0, 0.1) is 5.92 Å². The summed E-state index contributed by atoms with van der Waals surface area (Å²) in [5, 5.41) is 1.90. The van der Waals surface area contributed by atoms with Gasteiger partial charge in [-0.1, -0.05) is 0 Å². The van der Waals surface area contributed by atoms with Crippen LogP contribution in [0.4, 0.5) is 13.2 Å². The fourth-order valence-electron chi connectivity index (χ4n) is 2.79. The molecule has 1 fully saturated rings. The largest absolute Gasteiger partial charge is 0.497 e. The van der Waals surface area contributed by atoms with E-state index in [1.807, 2.05) is 5.32 Å². The number of ether oxygens (including phenoxy) is 2. The summed E-state index contributed by atoms with van der Waals surface area (Å²) in [6, 6.07) is 4.88. The third-order valence-corrected chi connectivity index (χ3v) is 4.31. The van der Waals surface area contributed by atoms with Gasteiger partial charge in [0, 0.05) is 31.3 Å². The van der Waals surface area contributed by atoms with Crippen molar-refractivity contribution in [2.45, 2.75) is 19.0 Å². The topological polar surface area (TPSA) is 67.9 Å². The van der Waals surface area contributed by atoms with Crippen LogP contribution in [0.25, 0.3) is 0 Å². The molecule has 0 aromatic heterocycles. The van der Waals surface area contributed by atoms with Crippen molar-refractivity contribution in [3.63, 3.8) is 0 Å². The first-order valence-electron chi connectivity index (χ1n) is 8.12. The highest BCUT2D eigenvalue weighted by molar-refractivity contribution is 5.95. The molecule has 0 bridgehead atoms. The summed E-state index contributed by atoms with van der Waals surface area (Å²) in [5.41, 5.74) is 0.421. The summed E-state index contributed by atoms with van der Waals surface area (Å²) >= 11 is 0. The van der Waals surface area contributed by atoms with Crippen molar-refractivity contribution in [1.82, 2.24) is 10.2 Å². The minimum Gasteiger partial charge on any atom is -0.497 e. The van der Waals surface area contributed by atoms with Crippen LogP contribution in [0.2, 0.25) is 0 Å². The Kier molecular flexibility index (Phi) is 6.33. The smallest absolute Gasteiger partial charge is 0.471 e. The minimum atomic E-state index is -4.87. The van der Waals surface area contributed by atoms with Crippen LogP contribution >= 0.6 is 0 Å². The van der Waals surface area contributed by atoms with Crippen LogP contribution in [0.5, 0.6) is 11.5 Å². The summed E-state index contributed by atoms with van der Waals surface area (Å²) in [5.74, 6) is -1.22. The molecule has 0 aliphatic carbocycles. The number of nitrogens with one attached hydrogen (secondary N) is 1. The predicted octanol–water partition coefficient (Wildman–Crippen LogP) is 2.23. The third-order valence-electron chi connectivity index (χ3n) is 4.31. The number of benzene rings is 1. The standard InChI is InChI=1S/C17H21F3N2O4/c1-25-13-7-12(8-14(9-13)26-2)15(23)22-5-3-11(4-6-22)10-21-16(24)17(18,19)20/h7-9,11H,3-6,10H2,1-2H3,(H,21,24). The number of halogens is 3. The number of hydrogen-bond acceptors (Lipinski definition) is 4. The quantitative estimate of drug-likeness (QED) is 0.858. The fraction of sp³-hybridized carbons (Fsp3) is 0.529. The van der Waals surface area contributed by atoms with Gasteiger partial charge < -0.3 is 19.7 Å². The van der Waals surface area contributed by atoms with Gasteiger partial charge in [0.2, 0.25) is 0 Å². The van der Waals surface area contributed by atoms with Crippen molar-refractivity contribution in [2.75, 3.05) is 33.9 Å². The Morgan fingerprint density at radius 2 is 1.65 bits per heavy atom. The van der Waals surface area contributed by atoms with Crippen molar-refractivity contribution < 1.29 is 32.2 Å². The number of alkyl halides is 3. The Morgan fingerprint density at radius 1 is 1.12 bits per heavy atom. The first kappa shape index (κ1) is 19.9. The lowest BCUT2D eigenvalue weighted by molar-refractivity contribution is -0.173. The van der Waals surface area contributed by atoms with E-state index in [9.17, 15) is 22.8 Å². The normalized spacial score (nSPS) is 15.5. The molecule has 144 valence electrons. The average Bonchev–Trinajstić information content (AvgIpc) is 2.64. The van der Waals surface area contributed by atoms with Gasteiger partial charge in [-0.3, -0.25) is 9.59 Å². The molecule has 1 N–H and O–H groups in total. The van der Waals surface area contributed by atoms with Gasteiger partial charge in [0.1, 0.15) is 11.5 Å². The number of piperidine rings is 1. The van der Waals surface area contributed by atoms with Crippen LogP contribution in [0.15, 0.2) is 18.2 Å². The second-order valence-electron chi connectivity index (χ2n) is 6.04. The molecule has 0 spiro atoms. The molecular weight excluding hydrogens is 353 g/mol. The lowest BCUT2D eigenvalue weighted by atomic mass is 9.96. The van der Waals surface area contributed by atoms with Crippen LogP contribution in [-0.2, 0) is 4.79 Å². The van der Waals surface area contributed by atoms with Gasteiger partial charge in [0.15, 0.2) is 0 Å². The highest BCUT2D eigenvalue weighted by atomic mass is 19.4. The zero-order valence-corrected chi connectivity index (χ0v) is 14.6. The summed E-state index contributed by atoms with van der Waals surface area (Å²) in [6.45, 7) is 0.767. The van der Waals surface area contributed by atoms with Crippen molar-refractivity contribution in [2.24, 2.45) is 5.92 Å². The number of carbonyl (C=O) groups excluding carboxylic acids is 2. The molecule has 1 aliphatic rings. The molecule has 0 saturated carbocycles. The first-order valence-corrected chi connectivity index (χ1v) is 8.12. The molecule has 2 rings (SSSR count). The number of methoxy groups -OCH3 is 2. The number of carbonyl (C=O) groups is 2. The summed E-state index contributed by atoms with van der Waals surface area (Å²) in [6.07, 6.45) is -3.84. The van der Waals surface area contributed by atoms with E-state index in [0.29, 0.717) is 43.0 Å². The summed E-state index contributed by atoms with van der Waals surface area (Å²) < 4.78 is 46.9. The molecule has 2 amide bonds. The second-order valence-corrected chi connectivity index (χ2v) is 6.04. The first-order chi connectivity index (χ1) is 12.2. The van der Waals surface area contributed by atoms with E-state index in [4.69, 9.17) is 9.47 Å². The van der Waals surface area contributed by atoms with Gasteiger partial charge in [-0.15, -0.1) is 0 Å². The van der Waals surface area contributed by atoms with E-state index in [-0.39, 0.29) is 18.4 Å². The van der Waals surface area contributed by atoms with Crippen molar-refractivity contribution in [3.8, 4) is 11.5 Å². The highest BCUT2D eigenvalue weighted by Gasteiger charge is 2.38. The molecule has 1 aromatic carbocycles. The minimum absolute atomic E-state index is 0.0483. The lowest BCUT2D eigenvalue weighted by Crippen LogP contribution is -2.44. The van der Waals surface area contributed by atoms with Crippen LogP contribution in [0.1, 0.15) is 23.2 Å². The molecule has 26 heavy (non-hydrogen) atoms. The average molecular weight is 374 g/mol. The number of nitrogens with zero attached hydrogens (tertiary/aromatic N) is 1. The van der Waals surface area contributed by atoms with Gasteiger partial charge in [0.25, 0.3) is 5.91 Å². The Bertz CT molecular complexity index is 634. The maximum absolute atomic E-state index is 12.6. The van der Waals surface area contributed by atoms with Gasteiger partial charge in [-0.2, -0.15) is 13.2 Å². The van der Waals surface area contributed by atoms with E-state index in [1.165, 1.54) is 14.2 Å². The predicted molar refractivity (Wildman–Crippen MR) is 87.2 cm³/mol. The zero-order valence-electron chi connectivity index (χ0n) is 14.6. The second kappa shape index (κ2) is 8.29. The monoisotopic (exact) mass is 374 g/mol. The third kappa shape index (κ3) is 5.03. The molecule has 0 atom stereocenters. The Balaban J connectivity index is 1.91. The number of amides is 2. The molecule has 9 heteroatoms. The van der Waals surface area contributed by atoms with Crippen molar-refractivity contribution in [3.05, 3.63) is 23.8 Å². The fourth-order valence-corrected chi connectivity index (χ4v) is 2.79. The molecule has 1 heterocycles. The van der Waals surface area contributed by atoms with E-state index < -0.39 is 12.1 Å². The zero-order chi connectivity index (χ0) is 19.3. The van der Waals surface area contributed by atoms with Crippen LogP contribution < -0.4 is 14.8 Å². The maximum Gasteiger partial charge on any atom is 0.471 e. The van der Waals surface area contributed by atoms with Gasteiger partial charge in [-0.25, -0.2) is 0 Å². The summed E-state index contributed by atoms with van der Waals surface area (Å²) in [4.78, 5) is 25.1. The molecule has 0 radical (unpaired) electrons. The van der Waals surface area contributed by atoms with Gasteiger partial charge in [0.05, 0.1) is 14.2 Å². The molecule has 1 aliphatic heterocycles. The van der Waals surface area contributed by atoms with Gasteiger partial charge >= 0.3 is 12.1 Å². The summed E-state index contributed by atoms with van der Waals surface area (Å²) in [7, 11) is 2.98. The molecule has 1 saturated heterocycles. The Labute approximate surface area is 149 Å². The lowest BCUT2D eigenvalue weighted by Gasteiger charge is -2.32. The number of likely N-dealkylation sites (tertiary alicyclic amines) is 1. The van der Waals surface area contributed by atoms with E-state index in [1.54, 1.807) is 23.1 Å². The number of hydrogen-bond donors (Lipinski definition) is 1. The Hall–Kier alpha value is -2.45. The number of rotatable bonds is 5. The van der Waals surface area contributed by atoms with Crippen molar-refractivity contribution >= 4 is 11.8 Å². The maximum atomic E-state index is 12.6. The molecule has 1 aromatic rings. The van der Waals surface area contributed by atoms with Crippen molar-refractivity contribution in [1.29, 1.82) is 0 Å². The van der Waals surface area contributed by atoms with Crippen LogP contribution in [-0.4, -0.2) is 56.7 Å². The SMILES string of the molecule is COc1cc(OC)cc(C(=O)N2CCC(CNC(=O)C(F)(F)F)CC2)c1.